The second kappa shape index (κ2) is 8.65. The van der Waals surface area contributed by atoms with Gasteiger partial charge < -0.3 is 10.2 Å². The molecule has 4 nitrogen and oxygen atoms in total. The SMILES string of the molecule is C[Si-]1(C)C2=CC(=[N+]3CCC3)C=CC2=C(c2ccc(NC(=O)CCl)cc2)c2ccc(N3CCC3)cc21. The third-order valence-electron chi connectivity index (χ3n) is 7.91. The average molecular weight is 501 g/mol. The zero-order chi connectivity index (χ0) is 24.2. The van der Waals surface area contributed by atoms with Crippen LogP contribution in [0.1, 0.15) is 24.0 Å². The van der Waals surface area contributed by atoms with E-state index < -0.39 is 8.07 Å². The third-order valence-corrected chi connectivity index (χ3v) is 11.7. The maximum Gasteiger partial charge on any atom is 0.239 e. The predicted molar refractivity (Wildman–Crippen MR) is 149 cm³/mol. The number of carbonyl (C=O) groups is 1. The Labute approximate surface area is 213 Å². The third kappa shape index (κ3) is 3.82. The summed E-state index contributed by atoms with van der Waals surface area (Å²) in [5.41, 5.74) is 8.66. The number of fused-ring (bicyclic) bond motifs is 2. The van der Waals surface area contributed by atoms with Crippen molar-refractivity contribution < 1.29 is 9.37 Å². The molecule has 0 saturated carbocycles. The molecule has 1 amide bonds. The van der Waals surface area contributed by atoms with Gasteiger partial charge in [0.15, 0.2) is 5.71 Å². The molecule has 3 heterocycles. The van der Waals surface area contributed by atoms with E-state index in [1.165, 1.54) is 56.9 Å². The van der Waals surface area contributed by atoms with Crippen LogP contribution in [0.5, 0.6) is 0 Å². The summed E-state index contributed by atoms with van der Waals surface area (Å²) >= 11 is 5.67. The van der Waals surface area contributed by atoms with Crippen LogP contribution in [0.15, 0.2) is 71.5 Å². The van der Waals surface area contributed by atoms with Crippen LogP contribution in [-0.2, 0) is 4.79 Å². The number of anilines is 2. The van der Waals surface area contributed by atoms with Crippen molar-refractivity contribution in [3.8, 4) is 0 Å². The van der Waals surface area contributed by atoms with Crippen molar-refractivity contribution in [3.05, 3.63) is 82.6 Å². The van der Waals surface area contributed by atoms with Gasteiger partial charge in [0, 0.05) is 30.5 Å². The van der Waals surface area contributed by atoms with Gasteiger partial charge in [0.1, 0.15) is 19.0 Å². The fourth-order valence-electron chi connectivity index (χ4n) is 5.59. The number of nitrogens with zero attached hydrogens (tertiary/aromatic N) is 2. The highest BCUT2D eigenvalue weighted by Gasteiger charge is 2.33. The Hall–Kier alpha value is -2.89. The number of rotatable bonds is 4. The first-order chi connectivity index (χ1) is 17.0. The Balaban J connectivity index is 1.52. The van der Waals surface area contributed by atoms with Crippen molar-refractivity contribution >= 4 is 53.4 Å². The van der Waals surface area contributed by atoms with E-state index in [0.717, 1.165) is 31.9 Å². The number of alkyl halides is 1. The monoisotopic (exact) mass is 500 g/mol. The molecule has 35 heavy (non-hydrogen) atoms. The van der Waals surface area contributed by atoms with Crippen LogP contribution in [-0.4, -0.2) is 56.3 Å². The summed E-state index contributed by atoms with van der Waals surface area (Å²) in [6, 6.07) is 15.3. The topological polar surface area (TPSA) is 35.4 Å². The van der Waals surface area contributed by atoms with Crippen molar-refractivity contribution in [2.45, 2.75) is 25.9 Å². The number of carbonyl (C=O) groups excluding carboxylic acids is 1. The minimum atomic E-state index is -1.92. The molecule has 3 aliphatic heterocycles. The summed E-state index contributed by atoms with van der Waals surface area (Å²) in [5.74, 6) is -0.233. The molecule has 2 saturated heterocycles. The molecule has 2 aromatic rings. The van der Waals surface area contributed by atoms with Gasteiger partial charge in [-0.05, 0) is 53.0 Å². The minimum Gasteiger partial charge on any atom is -0.371 e. The molecular formula is C29H31ClN3OSi. The predicted octanol–water partition coefficient (Wildman–Crippen LogP) is 4.70. The molecule has 0 radical (unpaired) electrons. The molecule has 0 atom stereocenters. The molecule has 6 heteroatoms. The fourth-order valence-corrected chi connectivity index (χ4v) is 8.73. The Morgan fingerprint density at radius 3 is 2.46 bits per heavy atom. The molecule has 1 N–H and O–H groups in total. The standard InChI is InChI=1S/C29H30ClN3OSi/c1-35(2)26-17-22(32-13-3-14-32)9-11-24(26)29(20-5-7-21(8-6-20)31-28(34)19-30)25-12-10-23(18-27(25)35)33-15-4-16-33/h5-12,17-18H,3-4,13-16,19H2,1-2H3/q-1/p+1. The molecule has 2 fully saturated rings. The quantitative estimate of drug-likeness (QED) is 0.375. The van der Waals surface area contributed by atoms with E-state index in [2.05, 4.69) is 76.4 Å². The van der Waals surface area contributed by atoms with Gasteiger partial charge in [0.05, 0.1) is 6.42 Å². The summed E-state index contributed by atoms with van der Waals surface area (Å²) in [7, 11) is -1.92. The lowest BCUT2D eigenvalue weighted by Crippen LogP contribution is -2.50. The number of halogens is 1. The van der Waals surface area contributed by atoms with Crippen molar-refractivity contribution in [2.24, 2.45) is 0 Å². The molecule has 1 aliphatic carbocycles. The van der Waals surface area contributed by atoms with Crippen molar-refractivity contribution in [3.63, 3.8) is 0 Å². The van der Waals surface area contributed by atoms with Crippen LogP contribution in [0.3, 0.4) is 0 Å². The molecule has 2 aromatic carbocycles. The van der Waals surface area contributed by atoms with Crippen LogP contribution in [0, 0.1) is 0 Å². The van der Waals surface area contributed by atoms with Crippen LogP contribution in [0.4, 0.5) is 11.4 Å². The van der Waals surface area contributed by atoms with Gasteiger partial charge in [0.2, 0.25) is 5.91 Å². The highest BCUT2D eigenvalue weighted by Crippen LogP contribution is 2.42. The molecule has 0 unspecified atom stereocenters. The number of nitrogens with one attached hydrogen (secondary N) is 1. The highest BCUT2D eigenvalue weighted by molar-refractivity contribution is 6.98. The first-order valence-electron chi connectivity index (χ1n) is 12.6. The van der Waals surface area contributed by atoms with Crippen molar-refractivity contribution in [2.75, 3.05) is 42.3 Å². The van der Waals surface area contributed by atoms with E-state index in [1.807, 2.05) is 12.1 Å². The lowest BCUT2D eigenvalue weighted by molar-refractivity contribution is -0.582. The molecule has 6 rings (SSSR count). The summed E-state index contributed by atoms with van der Waals surface area (Å²) in [5, 5.41) is 5.89. The first kappa shape index (κ1) is 22.6. The number of hydrogen-bond acceptors (Lipinski definition) is 2. The Morgan fingerprint density at radius 1 is 1.06 bits per heavy atom. The highest BCUT2D eigenvalue weighted by atomic mass is 35.5. The van der Waals surface area contributed by atoms with Crippen molar-refractivity contribution in [1.82, 2.24) is 0 Å². The van der Waals surface area contributed by atoms with E-state index in [9.17, 15) is 4.79 Å². The summed E-state index contributed by atoms with van der Waals surface area (Å²) in [4.78, 5) is 14.2. The molecule has 0 spiro atoms. The van der Waals surface area contributed by atoms with Crippen LogP contribution in [0.25, 0.3) is 5.57 Å². The normalized spacial score (nSPS) is 20.0. The van der Waals surface area contributed by atoms with Gasteiger partial charge >= 0.3 is 0 Å². The summed E-state index contributed by atoms with van der Waals surface area (Å²) in [6.45, 7) is 9.63. The van der Waals surface area contributed by atoms with Gasteiger partial charge in [0.25, 0.3) is 0 Å². The van der Waals surface area contributed by atoms with E-state index in [-0.39, 0.29) is 11.8 Å². The summed E-state index contributed by atoms with van der Waals surface area (Å²) < 4.78 is 2.49. The van der Waals surface area contributed by atoms with Crippen molar-refractivity contribution in [1.29, 1.82) is 0 Å². The van der Waals surface area contributed by atoms with E-state index in [0.29, 0.717) is 0 Å². The lowest BCUT2D eigenvalue weighted by Gasteiger charge is -2.48. The number of benzene rings is 2. The van der Waals surface area contributed by atoms with Gasteiger partial charge in [-0.15, -0.1) is 11.6 Å². The maximum atomic E-state index is 11.7. The fraction of sp³-hybridized carbons (Fsp3) is 0.310. The first-order valence-corrected chi connectivity index (χ1v) is 16.1. The smallest absolute Gasteiger partial charge is 0.239 e. The zero-order valence-electron chi connectivity index (χ0n) is 20.4. The second-order valence-corrected chi connectivity index (χ2v) is 15.0. The number of amides is 1. The van der Waals surface area contributed by atoms with E-state index in [4.69, 9.17) is 11.6 Å². The zero-order valence-corrected chi connectivity index (χ0v) is 22.2. The number of hydrogen-bond donors (Lipinski definition) is 1. The maximum absolute atomic E-state index is 11.7. The van der Waals surface area contributed by atoms with Gasteiger partial charge in [-0.1, -0.05) is 38.4 Å². The minimum absolute atomic E-state index is 0.0434. The largest absolute Gasteiger partial charge is 0.371 e. The van der Waals surface area contributed by atoms with E-state index >= 15 is 0 Å². The Kier molecular flexibility index (Phi) is 5.57. The van der Waals surface area contributed by atoms with Gasteiger partial charge in [-0.2, -0.15) is 23.5 Å². The Morgan fingerprint density at radius 2 is 1.83 bits per heavy atom. The second-order valence-electron chi connectivity index (χ2n) is 10.4. The van der Waals surface area contributed by atoms with Crippen LogP contribution >= 0.6 is 11.6 Å². The average Bonchev–Trinajstić information content (AvgIpc) is 2.79. The molecule has 4 aliphatic rings. The summed E-state index contributed by atoms with van der Waals surface area (Å²) in [6.07, 6.45) is 9.70. The van der Waals surface area contributed by atoms with E-state index in [1.54, 1.807) is 0 Å². The van der Waals surface area contributed by atoms with Crippen LogP contribution in [0.2, 0.25) is 13.1 Å². The molecular weight excluding hydrogens is 470 g/mol. The molecule has 179 valence electrons. The van der Waals surface area contributed by atoms with Gasteiger partial charge in [-0.3, -0.25) is 4.79 Å². The Bertz CT molecular complexity index is 1340. The van der Waals surface area contributed by atoms with Gasteiger partial charge in [-0.25, -0.2) is 4.58 Å². The van der Waals surface area contributed by atoms with Crippen LogP contribution < -0.4 is 15.4 Å². The molecule has 0 bridgehead atoms. The lowest BCUT2D eigenvalue weighted by atomic mass is 9.89. The molecule has 0 aromatic heterocycles. The number of allylic oxidation sites excluding steroid dienone is 5.